The third kappa shape index (κ3) is 5.74. The van der Waals surface area contributed by atoms with Crippen LogP contribution in [-0.4, -0.2) is 33.1 Å². The second-order valence-electron chi connectivity index (χ2n) is 10.7. The molecule has 1 aromatic heterocycles. The summed E-state index contributed by atoms with van der Waals surface area (Å²) in [5.41, 5.74) is 12.0. The van der Waals surface area contributed by atoms with Crippen LogP contribution < -0.4 is 10.6 Å². The molecule has 2 amide bonds. The molecule has 4 aromatic carbocycles. The fourth-order valence-corrected chi connectivity index (χ4v) is 6.04. The number of aryl methyl sites for hydroxylation is 3. The Balaban J connectivity index is 1.10. The van der Waals surface area contributed by atoms with E-state index < -0.39 is 0 Å². The van der Waals surface area contributed by atoms with Gasteiger partial charge in [0.2, 0.25) is 11.8 Å². The van der Waals surface area contributed by atoms with Crippen molar-refractivity contribution in [1.29, 1.82) is 0 Å². The average Bonchev–Trinajstić information content (AvgIpc) is 3.56. The van der Waals surface area contributed by atoms with E-state index in [-0.39, 0.29) is 23.3 Å². The predicted molar refractivity (Wildman–Crippen MR) is 172 cm³/mol. The first-order valence-corrected chi connectivity index (χ1v) is 15.1. The van der Waals surface area contributed by atoms with Crippen molar-refractivity contribution in [2.75, 3.05) is 22.1 Å². The minimum absolute atomic E-state index is 0.138. The molecule has 42 heavy (non-hydrogen) atoms. The number of aromatic nitrogens is 2. The number of amides is 2. The molecule has 0 fully saturated rings. The van der Waals surface area contributed by atoms with Crippen LogP contribution in [0.3, 0.4) is 0 Å². The molecule has 7 heteroatoms. The molecule has 6 rings (SSSR count). The number of para-hydroxylation sites is 1. The highest BCUT2D eigenvalue weighted by atomic mass is 32.2. The number of thioether (sulfide) groups is 1. The second-order valence-corrected chi connectivity index (χ2v) is 11.7. The largest absolute Gasteiger partial charge is 0.325 e. The van der Waals surface area contributed by atoms with Gasteiger partial charge in [0, 0.05) is 17.3 Å². The summed E-state index contributed by atoms with van der Waals surface area (Å²) in [6.07, 6.45) is 0.916. The minimum atomic E-state index is -0.192. The van der Waals surface area contributed by atoms with Gasteiger partial charge in [-0.15, -0.1) is 11.8 Å². The number of nitrogens with one attached hydrogen (secondary N) is 2. The van der Waals surface area contributed by atoms with Crippen molar-refractivity contribution in [3.8, 4) is 28.1 Å². The molecule has 0 atom stereocenters. The SMILES string of the molecule is Cc1cc(C)c(-c2cc(NC(=O)CSCC(=O)Nc3ccc4c(c3)-c3ccccc3C4)n(-c3ccccc3)n2)cc1C. The van der Waals surface area contributed by atoms with Gasteiger partial charge in [0.05, 0.1) is 22.9 Å². The van der Waals surface area contributed by atoms with E-state index in [9.17, 15) is 9.59 Å². The van der Waals surface area contributed by atoms with Crippen molar-refractivity contribution in [3.63, 3.8) is 0 Å². The van der Waals surface area contributed by atoms with Gasteiger partial charge in [-0.25, -0.2) is 4.68 Å². The molecule has 0 unspecified atom stereocenters. The first kappa shape index (κ1) is 27.5. The van der Waals surface area contributed by atoms with Crippen LogP contribution >= 0.6 is 11.8 Å². The fourth-order valence-electron chi connectivity index (χ4n) is 5.42. The van der Waals surface area contributed by atoms with Gasteiger partial charge < -0.3 is 10.6 Å². The highest BCUT2D eigenvalue weighted by Crippen LogP contribution is 2.38. The number of rotatable bonds is 8. The maximum Gasteiger partial charge on any atom is 0.235 e. The first-order chi connectivity index (χ1) is 20.4. The van der Waals surface area contributed by atoms with Gasteiger partial charge in [-0.1, -0.05) is 54.6 Å². The van der Waals surface area contributed by atoms with Gasteiger partial charge >= 0.3 is 0 Å². The van der Waals surface area contributed by atoms with Crippen LogP contribution in [0.4, 0.5) is 11.5 Å². The Morgan fingerprint density at radius 2 is 1.40 bits per heavy atom. The molecule has 1 aliphatic carbocycles. The monoisotopic (exact) mass is 572 g/mol. The number of carbonyl (C=O) groups excluding carboxylic acids is 2. The standard InChI is InChI=1S/C35H32N4O2S/c1-22-15-24(3)30(16-23(22)2)32-19-33(39(38-32)28-10-5-4-6-11-28)37-35(41)21-42-20-34(40)36-27-14-13-26-17-25-9-7-8-12-29(25)31(26)18-27/h4-16,18-19H,17,20-21H2,1-3H3,(H,36,40)(H,37,41). The van der Waals surface area contributed by atoms with Crippen LogP contribution in [0, 0.1) is 20.8 Å². The summed E-state index contributed by atoms with van der Waals surface area (Å²) in [4.78, 5) is 25.7. The molecule has 2 N–H and O–H groups in total. The highest BCUT2D eigenvalue weighted by Gasteiger charge is 2.19. The third-order valence-corrected chi connectivity index (χ3v) is 8.58. The molecule has 6 nitrogen and oxygen atoms in total. The lowest BCUT2D eigenvalue weighted by Gasteiger charge is -2.10. The zero-order chi connectivity index (χ0) is 29.2. The Morgan fingerprint density at radius 3 is 2.21 bits per heavy atom. The van der Waals surface area contributed by atoms with Gasteiger partial charge in [0.25, 0.3) is 0 Å². The zero-order valence-corrected chi connectivity index (χ0v) is 24.7. The molecule has 0 bridgehead atoms. The highest BCUT2D eigenvalue weighted by molar-refractivity contribution is 8.00. The summed E-state index contributed by atoms with van der Waals surface area (Å²) in [5.74, 6) is 0.570. The van der Waals surface area contributed by atoms with E-state index in [0.717, 1.165) is 34.6 Å². The van der Waals surface area contributed by atoms with Gasteiger partial charge in [0.1, 0.15) is 5.82 Å². The van der Waals surface area contributed by atoms with Gasteiger partial charge in [0.15, 0.2) is 0 Å². The number of carbonyl (C=O) groups is 2. The van der Waals surface area contributed by atoms with Crippen LogP contribution in [0.15, 0.2) is 91.0 Å². The summed E-state index contributed by atoms with van der Waals surface area (Å²) >= 11 is 1.28. The number of benzene rings is 4. The molecule has 1 aliphatic rings. The summed E-state index contributed by atoms with van der Waals surface area (Å²) in [5, 5.41) is 10.9. The lowest BCUT2D eigenvalue weighted by molar-refractivity contribution is -0.114. The molecular weight excluding hydrogens is 540 g/mol. The summed E-state index contributed by atoms with van der Waals surface area (Å²) in [7, 11) is 0. The van der Waals surface area contributed by atoms with E-state index in [0.29, 0.717) is 5.82 Å². The Kier molecular flexibility index (Phi) is 7.68. The van der Waals surface area contributed by atoms with Crippen LogP contribution in [0.1, 0.15) is 27.8 Å². The van der Waals surface area contributed by atoms with Gasteiger partial charge in [-0.2, -0.15) is 5.10 Å². The maximum atomic E-state index is 13.0. The lowest BCUT2D eigenvalue weighted by Crippen LogP contribution is -2.19. The van der Waals surface area contributed by atoms with Crippen molar-refractivity contribution in [2.45, 2.75) is 27.2 Å². The van der Waals surface area contributed by atoms with Crippen molar-refractivity contribution >= 4 is 35.1 Å². The first-order valence-electron chi connectivity index (χ1n) is 14.0. The molecule has 1 heterocycles. The van der Waals surface area contributed by atoms with Crippen molar-refractivity contribution in [2.24, 2.45) is 0 Å². The Morgan fingerprint density at radius 1 is 0.714 bits per heavy atom. The molecule has 0 saturated carbocycles. The summed E-state index contributed by atoms with van der Waals surface area (Å²) < 4.78 is 1.76. The van der Waals surface area contributed by atoms with E-state index in [2.05, 4.69) is 67.8 Å². The predicted octanol–water partition coefficient (Wildman–Crippen LogP) is 7.35. The Bertz CT molecular complexity index is 1810. The van der Waals surface area contributed by atoms with Crippen LogP contribution in [0.25, 0.3) is 28.1 Å². The second kappa shape index (κ2) is 11.7. The van der Waals surface area contributed by atoms with E-state index in [1.54, 1.807) is 4.68 Å². The van der Waals surface area contributed by atoms with E-state index >= 15 is 0 Å². The average molecular weight is 573 g/mol. The van der Waals surface area contributed by atoms with Gasteiger partial charge in [-0.05, 0) is 96.5 Å². The fraction of sp³-hybridized carbons (Fsp3) is 0.171. The molecule has 210 valence electrons. The van der Waals surface area contributed by atoms with Crippen LogP contribution in [0.2, 0.25) is 0 Å². The van der Waals surface area contributed by atoms with Crippen LogP contribution in [-0.2, 0) is 16.0 Å². The van der Waals surface area contributed by atoms with Crippen molar-refractivity contribution in [1.82, 2.24) is 9.78 Å². The van der Waals surface area contributed by atoms with E-state index in [1.807, 2.05) is 54.6 Å². The topological polar surface area (TPSA) is 76.0 Å². The zero-order valence-electron chi connectivity index (χ0n) is 23.9. The molecular formula is C35H32N4O2S. The Hall–Kier alpha value is -4.62. The number of nitrogens with zero attached hydrogens (tertiary/aromatic N) is 2. The Labute approximate surface area is 250 Å². The number of hydrogen-bond acceptors (Lipinski definition) is 4. The molecule has 0 spiro atoms. The molecule has 0 saturated heterocycles. The number of hydrogen-bond donors (Lipinski definition) is 2. The lowest BCUT2D eigenvalue weighted by atomic mass is 9.99. The molecule has 0 radical (unpaired) electrons. The van der Waals surface area contributed by atoms with Crippen molar-refractivity contribution in [3.05, 3.63) is 119 Å². The number of anilines is 2. The van der Waals surface area contributed by atoms with E-state index in [4.69, 9.17) is 5.10 Å². The smallest absolute Gasteiger partial charge is 0.235 e. The normalized spacial score (nSPS) is 11.6. The van der Waals surface area contributed by atoms with Gasteiger partial charge in [-0.3, -0.25) is 9.59 Å². The summed E-state index contributed by atoms with van der Waals surface area (Å²) in [6.45, 7) is 6.26. The van der Waals surface area contributed by atoms with Crippen LogP contribution in [0.5, 0.6) is 0 Å². The number of fused-ring (bicyclic) bond motifs is 3. The quantitative estimate of drug-likeness (QED) is 0.200. The van der Waals surface area contributed by atoms with Crippen molar-refractivity contribution < 1.29 is 9.59 Å². The van der Waals surface area contributed by atoms with E-state index in [1.165, 1.54) is 45.1 Å². The maximum absolute atomic E-state index is 13.0. The minimum Gasteiger partial charge on any atom is -0.325 e. The molecule has 0 aliphatic heterocycles. The summed E-state index contributed by atoms with van der Waals surface area (Å²) in [6, 6.07) is 30.4. The third-order valence-electron chi connectivity index (χ3n) is 7.64. The molecule has 5 aromatic rings.